The first-order valence-corrected chi connectivity index (χ1v) is 9.50. The number of carbonyl (C=O) groups is 1. The molecule has 1 radical (unpaired) electrons. The van der Waals surface area contributed by atoms with Gasteiger partial charge in [0.05, 0.1) is 0 Å². The summed E-state index contributed by atoms with van der Waals surface area (Å²) >= 11 is 0. The molecule has 2 aromatic carbocycles. The zero-order chi connectivity index (χ0) is 18.8. The third-order valence-corrected chi connectivity index (χ3v) is 4.56. The van der Waals surface area contributed by atoms with Crippen molar-refractivity contribution in [2.24, 2.45) is 0 Å². The summed E-state index contributed by atoms with van der Waals surface area (Å²) in [6.45, 7) is 4.16. The number of hydrogen-bond donors (Lipinski definition) is 1. The Bertz CT molecular complexity index is 660. The second-order valence-corrected chi connectivity index (χ2v) is 6.62. The van der Waals surface area contributed by atoms with Crippen molar-refractivity contribution in [1.29, 1.82) is 0 Å². The second-order valence-electron chi connectivity index (χ2n) is 6.62. The zero-order valence-corrected chi connectivity index (χ0v) is 15.7. The molecule has 26 heavy (non-hydrogen) atoms. The molecule has 3 nitrogen and oxygen atoms in total. The molecule has 0 saturated carbocycles. The molecule has 0 saturated heterocycles. The van der Waals surface area contributed by atoms with Gasteiger partial charge >= 0.3 is 5.97 Å². The Labute approximate surface area is 157 Å². The SMILES string of the molecule is CCCCCC(CC)OC(=O)[C@@](O)([B]c1ccccc1)c1ccccc1. The maximum atomic E-state index is 13.0. The van der Waals surface area contributed by atoms with E-state index in [2.05, 4.69) is 6.92 Å². The molecule has 4 heteroatoms. The van der Waals surface area contributed by atoms with Gasteiger partial charge in [-0.15, -0.1) is 0 Å². The number of aliphatic hydroxyl groups is 1. The van der Waals surface area contributed by atoms with Crippen LogP contribution in [-0.4, -0.2) is 24.5 Å². The van der Waals surface area contributed by atoms with Crippen molar-refractivity contribution < 1.29 is 14.6 Å². The van der Waals surface area contributed by atoms with E-state index in [0.29, 0.717) is 5.56 Å². The van der Waals surface area contributed by atoms with Crippen LogP contribution < -0.4 is 5.46 Å². The Hall–Kier alpha value is -2.07. The maximum absolute atomic E-state index is 13.0. The zero-order valence-electron chi connectivity index (χ0n) is 15.7. The van der Waals surface area contributed by atoms with Gasteiger partial charge in [-0.1, -0.05) is 92.8 Å². The van der Waals surface area contributed by atoms with Gasteiger partial charge < -0.3 is 9.84 Å². The lowest BCUT2D eigenvalue weighted by Gasteiger charge is -2.29. The molecule has 0 bridgehead atoms. The molecule has 1 N–H and O–H groups in total. The fraction of sp³-hybridized carbons (Fsp3) is 0.409. The first kappa shape index (κ1) is 20.2. The molecular formula is C22H28BO3. The average Bonchev–Trinajstić information content (AvgIpc) is 2.68. The van der Waals surface area contributed by atoms with Gasteiger partial charge in [-0.25, -0.2) is 4.79 Å². The van der Waals surface area contributed by atoms with Crippen LogP contribution in [0.1, 0.15) is 51.5 Å². The molecular weight excluding hydrogens is 323 g/mol. The number of esters is 1. The van der Waals surface area contributed by atoms with Crippen molar-refractivity contribution in [3.63, 3.8) is 0 Å². The average molecular weight is 351 g/mol. The van der Waals surface area contributed by atoms with Gasteiger partial charge in [-0.2, -0.15) is 0 Å². The van der Waals surface area contributed by atoms with Gasteiger partial charge in [0, 0.05) is 0 Å². The van der Waals surface area contributed by atoms with Gasteiger partial charge in [-0.3, -0.25) is 0 Å². The standard InChI is InChI=1S/C22H28BO3/c1-3-5-8-17-20(4-2)26-21(24)22(25,18-13-9-6-10-14-18)23-19-15-11-7-12-16-19/h6-7,9-16,20,25H,3-5,8,17H2,1-2H3/t20?,22-/m1/s1. The van der Waals surface area contributed by atoms with Crippen molar-refractivity contribution in [1.82, 2.24) is 0 Å². The number of ether oxygens (including phenoxy) is 1. The Morgan fingerprint density at radius 2 is 1.65 bits per heavy atom. The van der Waals surface area contributed by atoms with Gasteiger partial charge in [0.15, 0.2) is 5.50 Å². The molecule has 2 rings (SSSR count). The largest absolute Gasteiger partial charge is 0.461 e. The highest BCUT2D eigenvalue weighted by atomic mass is 16.6. The summed E-state index contributed by atoms with van der Waals surface area (Å²) in [7, 11) is 1.57. The van der Waals surface area contributed by atoms with Gasteiger partial charge in [-0.05, 0) is 24.8 Å². The third kappa shape index (κ3) is 5.47. The van der Waals surface area contributed by atoms with E-state index < -0.39 is 11.5 Å². The van der Waals surface area contributed by atoms with Crippen LogP contribution in [0.3, 0.4) is 0 Å². The number of unbranched alkanes of at least 4 members (excludes halogenated alkanes) is 2. The van der Waals surface area contributed by atoms with Crippen molar-refractivity contribution in [2.45, 2.75) is 57.6 Å². The molecule has 0 heterocycles. The Morgan fingerprint density at radius 3 is 2.23 bits per heavy atom. The van der Waals surface area contributed by atoms with Crippen LogP contribution in [0.15, 0.2) is 60.7 Å². The van der Waals surface area contributed by atoms with E-state index in [9.17, 15) is 9.90 Å². The van der Waals surface area contributed by atoms with E-state index in [1.165, 1.54) is 0 Å². The van der Waals surface area contributed by atoms with Crippen LogP contribution in [0.4, 0.5) is 0 Å². The molecule has 0 aliphatic carbocycles. The van der Waals surface area contributed by atoms with E-state index in [1.54, 1.807) is 19.4 Å². The first-order valence-electron chi connectivity index (χ1n) is 9.50. The summed E-state index contributed by atoms with van der Waals surface area (Å²) in [4.78, 5) is 13.0. The van der Waals surface area contributed by atoms with Crippen molar-refractivity contribution in [3.05, 3.63) is 66.2 Å². The topological polar surface area (TPSA) is 46.5 Å². The van der Waals surface area contributed by atoms with E-state index >= 15 is 0 Å². The minimum atomic E-state index is -1.80. The molecule has 0 spiro atoms. The molecule has 0 aliphatic rings. The van der Waals surface area contributed by atoms with Crippen molar-refractivity contribution in [2.75, 3.05) is 0 Å². The minimum absolute atomic E-state index is 0.173. The lowest BCUT2D eigenvalue weighted by molar-refractivity contribution is -0.164. The molecule has 0 fully saturated rings. The van der Waals surface area contributed by atoms with Crippen LogP contribution >= 0.6 is 0 Å². The predicted molar refractivity (Wildman–Crippen MR) is 106 cm³/mol. The molecule has 2 aromatic rings. The lowest BCUT2D eigenvalue weighted by atomic mass is 9.53. The molecule has 2 atom stereocenters. The number of carbonyl (C=O) groups excluding carboxylic acids is 1. The summed E-state index contributed by atoms with van der Waals surface area (Å²) in [6, 6.07) is 18.4. The summed E-state index contributed by atoms with van der Waals surface area (Å²) in [5.41, 5.74) is -0.520. The summed E-state index contributed by atoms with van der Waals surface area (Å²) in [5.74, 6) is -0.615. The minimum Gasteiger partial charge on any atom is -0.461 e. The number of hydrogen-bond acceptors (Lipinski definition) is 3. The number of benzene rings is 2. The smallest absolute Gasteiger partial charge is 0.334 e. The number of rotatable bonds is 10. The van der Waals surface area contributed by atoms with Crippen LogP contribution in [0.2, 0.25) is 0 Å². The molecule has 1 unspecified atom stereocenters. The molecule has 0 amide bonds. The summed E-state index contributed by atoms with van der Waals surface area (Å²) in [6.07, 6.45) is 4.66. The van der Waals surface area contributed by atoms with E-state index in [1.807, 2.05) is 55.5 Å². The lowest BCUT2D eigenvalue weighted by Crippen LogP contribution is -2.48. The fourth-order valence-electron chi connectivity index (χ4n) is 2.95. The van der Waals surface area contributed by atoms with Crippen molar-refractivity contribution >= 4 is 18.7 Å². The predicted octanol–water partition coefficient (Wildman–Crippen LogP) is 3.76. The van der Waals surface area contributed by atoms with Crippen LogP contribution in [0.25, 0.3) is 0 Å². The van der Waals surface area contributed by atoms with Crippen LogP contribution in [-0.2, 0) is 15.0 Å². The molecule has 137 valence electrons. The van der Waals surface area contributed by atoms with Gasteiger partial charge in [0.1, 0.15) is 6.10 Å². The highest BCUT2D eigenvalue weighted by Gasteiger charge is 2.41. The Morgan fingerprint density at radius 1 is 1.04 bits per heavy atom. The maximum Gasteiger partial charge on any atom is 0.334 e. The fourth-order valence-corrected chi connectivity index (χ4v) is 2.95. The monoisotopic (exact) mass is 351 g/mol. The van der Waals surface area contributed by atoms with Gasteiger partial charge in [0.25, 0.3) is 0 Å². The van der Waals surface area contributed by atoms with Crippen LogP contribution in [0, 0.1) is 0 Å². The van der Waals surface area contributed by atoms with Crippen molar-refractivity contribution in [3.8, 4) is 0 Å². The quantitative estimate of drug-likeness (QED) is 0.403. The van der Waals surface area contributed by atoms with E-state index in [0.717, 1.165) is 37.6 Å². The van der Waals surface area contributed by atoms with E-state index in [-0.39, 0.29) is 6.10 Å². The highest BCUT2D eigenvalue weighted by molar-refractivity contribution is 6.60. The summed E-state index contributed by atoms with van der Waals surface area (Å²) < 4.78 is 5.72. The Kier molecular flexibility index (Phi) is 7.92. The Balaban J connectivity index is 2.21. The molecule has 0 aliphatic heterocycles. The summed E-state index contributed by atoms with van der Waals surface area (Å²) in [5, 5.41) is 11.3. The second kappa shape index (κ2) is 10.2. The van der Waals surface area contributed by atoms with Gasteiger partial charge in [0.2, 0.25) is 7.28 Å². The first-order chi connectivity index (χ1) is 12.6. The van der Waals surface area contributed by atoms with E-state index in [4.69, 9.17) is 4.74 Å². The molecule has 0 aromatic heterocycles. The normalized spacial score (nSPS) is 14.3. The highest BCUT2D eigenvalue weighted by Crippen LogP contribution is 2.24. The third-order valence-electron chi connectivity index (χ3n) is 4.56. The van der Waals surface area contributed by atoms with Crippen LogP contribution in [0.5, 0.6) is 0 Å².